The van der Waals surface area contributed by atoms with Crippen molar-refractivity contribution in [1.82, 2.24) is 5.32 Å². The van der Waals surface area contributed by atoms with E-state index in [4.69, 9.17) is 4.74 Å². The van der Waals surface area contributed by atoms with Crippen molar-refractivity contribution >= 4 is 5.69 Å². The van der Waals surface area contributed by atoms with Crippen LogP contribution in [0.2, 0.25) is 0 Å². The standard InChI is InChI=1S/C15H24N2O3/c1-10-9-20-13(8-18)7-17(10)12-4-5-14(11(2)16-3)15(19)6-12/h4-6,10-11,13,16,18-19H,7-9H2,1-3H3. The first-order chi connectivity index (χ1) is 9.56. The minimum Gasteiger partial charge on any atom is -0.508 e. The maximum Gasteiger partial charge on any atom is 0.122 e. The summed E-state index contributed by atoms with van der Waals surface area (Å²) < 4.78 is 5.54. The number of ether oxygens (including phenoxy) is 1. The molecule has 5 nitrogen and oxygen atoms in total. The molecule has 1 aliphatic rings. The van der Waals surface area contributed by atoms with Gasteiger partial charge in [0.2, 0.25) is 0 Å². The highest BCUT2D eigenvalue weighted by atomic mass is 16.5. The number of hydrogen-bond donors (Lipinski definition) is 3. The van der Waals surface area contributed by atoms with Gasteiger partial charge < -0.3 is 25.2 Å². The van der Waals surface area contributed by atoms with Crippen molar-refractivity contribution in [3.8, 4) is 5.75 Å². The average molecular weight is 280 g/mol. The summed E-state index contributed by atoms with van der Waals surface area (Å²) in [7, 11) is 1.87. The number of phenols is 1. The lowest BCUT2D eigenvalue weighted by Crippen LogP contribution is -2.49. The summed E-state index contributed by atoms with van der Waals surface area (Å²) in [4.78, 5) is 2.16. The second-order valence-electron chi connectivity index (χ2n) is 5.39. The molecule has 1 aliphatic heterocycles. The largest absolute Gasteiger partial charge is 0.508 e. The predicted octanol–water partition coefficient (Wildman–Crippen LogP) is 1.26. The van der Waals surface area contributed by atoms with Gasteiger partial charge in [0.25, 0.3) is 0 Å². The summed E-state index contributed by atoms with van der Waals surface area (Å²) in [6, 6.07) is 6.08. The van der Waals surface area contributed by atoms with Crippen molar-refractivity contribution in [2.75, 3.05) is 31.7 Å². The van der Waals surface area contributed by atoms with Crippen molar-refractivity contribution in [1.29, 1.82) is 0 Å². The Kier molecular flexibility index (Phi) is 4.86. The van der Waals surface area contributed by atoms with Gasteiger partial charge in [-0.1, -0.05) is 6.07 Å². The van der Waals surface area contributed by atoms with Crippen LogP contribution in [0.25, 0.3) is 0 Å². The van der Waals surface area contributed by atoms with Gasteiger partial charge in [-0.2, -0.15) is 0 Å². The molecule has 0 bridgehead atoms. The number of benzene rings is 1. The summed E-state index contributed by atoms with van der Waals surface area (Å²) in [5.41, 5.74) is 1.85. The van der Waals surface area contributed by atoms with E-state index >= 15 is 0 Å². The third-order valence-corrected chi connectivity index (χ3v) is 3.95. The molecule has 1 fully saturated rings. The number of nitrogens with one attached hydrogen (secondary N) is 1. The van der Waals surface area contributed by atoms with Gasteiger partial charge in [0.05, 0.1) is 19.3 Å². The van der Waals surface area contributed by atoms with Crippen LogP contribution in [-0.4, -0.2) is 49.2 Å². The molecule has 2 rings (SSSR count). The lowest BCUT2D eigenvalue weighted by Gasteiger charge is -2.39. The number of aromatic hydroxyl groups is 1. The summed E-state index contributed by atoms with van der Waals surface area (Å²) in [5.74, 6) is 0.295. The van der Waals surface area contributed by atoms with Crippen molar-refractivity contribution in [2.24, 2.45) is 0 Å². The SMILES string of the molecule is CNC(C)c1ccc(N2CC(CO)OCC2C)cc1O. The smallest absolute Gasteiger partial charge is 0.122 e. The molecule has 0 radical (unpaired) electrons. The van der Waals surface area contributed by atoms with Crippen LogP contribution in [0.3, 0.4) is 0 Å². The Morgan fingerprint density at radius 1 is 1.50 bits per heavy atom. The van der Waals surface area contributed by atoms with Crippen LogP contribution in [0.15, 0.2) is 18.2 Å². The van der Waals surface area contributed by atoms with Crippen LogP contribution in [0.4, 0.5) is 5.69 Å². The lowest BCUT2D eigenvalue weighted by atomic mass is 10.1. The fourth-order valence-electron chi connectivity index (χ4n) is 2.52. The third-order valence-electron chi connectivity index (χ3n) is 3.95. The molecule has 5 heteroatoms. The first-order valence-corrected chi connectivity index (χ1v) is 7.06. The zero-order valence-corrected chi connectivity index (χ0v) is 12.3. The number of nitrogens with zero attached hydrogens (tertiary/aromatic N) is 1. The summed E-state index contributed by atoms with van der Waals surface area (Å²) in [5, 5.41) is 22.5. The van der Waals surface area contributed by atoms with E-state index in [1.807, 2.05) is 26.1 Å². The normalized spacial score (nSPS) is 24.7. The fourth-order valence-corrected chi connectivity index (χ4v) is 2.52. The van der Waals surface area contributed by atoms with E-state index in [2.05, 4.69) is 17.1 Å². The van der Waals surface area contributed by atoms with Gasteiger partial charge in [-0.25, -0.2) is 0 Å². The Bertz CT molecular complexity index is 453. The Labute approximate surface area is 120 Å². The van der Waals surface area contributed by atoms with Gasteiger partial charge in [0, 0.05) is 35.9 Å². The third kappa shape index (κ3) is 3.06. The highest BCUT2D eigenvalue weighted by Gasteiger charge is 2.26. The number of anilines is 1. The van der Waals surface area contributed by atoms with E-state index in [0.717, 1.165) is 11.3 Å². The number of rotatable bonds is 4. The molecule has 0 saturated carbocycles. The van der Waals surface area contributed by atoms with Crippen LogP contribution in [0.1, 0.15) is 25.5 Å². The van der Waals surface area contributed by atoms with Crippen LogP contribution < -0.4 is 10.2 Å². The second kappa shape index (κ2) is 6.43. The molecule has 0 aliphatic carbocycles. The Morgan fingerprint density at radius 3 is 2.85 bits per heavy atom. The first-order valence-electron chi connectivity index (χ1n) is 7.06. The average Bonchev–Trinajstić information content (AvgIpc) is 2.47. The van der Waals surface area contributed by atoms with E-state index in [1.165, 1.54) is 0 Å². The number of aliphatic hydroxyl groups excluding tert-OH is 1. The minimum atomic E-state index is -0.163. The second-order valence-corrected chi connectivity index (χ2v) is 5.39. The molecule has 112 valence electrons. The molecule has 20 heavy (non-hydrogen) atoms. The van der Waals surface area contributed by atoms with Crippen molar-refractivity contribution in [3.05, 3.63) is 23.8 Å². The Hall–Kier alpha value is -1.30. The van der Waals surface area contributed by atoms with Crippen LogP contribution in [0.5, 0.6) is 5.75 Å². The van der Waals surface area contributed by atoms with Gasteiger partial charge in [0.1, 0.15) is 5.75 Å². The molecular formula is C15H24N2O3. The van der Waals surface area contributed by atoms with E-state index in [1.54, 1.807) is 6.07 Å². The van der Waals surface area contributed by atoms with E-state index in [0.29, 0.717) is 18.9 Å². The summed E-state index contributed by atoms with van der Waals surface area (Å²) in [6.07, 6.45) is -0.163. The molecule has 1 saturated heterocycles. The van der Waals surface area contributed by atoms with Crippen LogP contribution in [-0.2, 0) is 4.74 Å². The molecule has 0 amide bonds. The van der Waals surface area contributed by atoms with Crippen molar-refractivity contribution in [3.63, 3.8) is 0 Å². The molecule has 1 aromatic carbocycles. The van der Waals surface area contributed by atoms with Crippen molar-refractivity contribution < 1.29 is 14.9 Å². The summed E-state index contributed by atoms with van der Waals surface area (Å²) in [6.45, 7) is 5.32. The van der Waals surface area contributed by atoms with Crippen LogP contribution in [0, 0.1) is 0 Å². The lowest BCUT2D eigenvalue weighted by molar-refractivity contribution is -0.0103. The van der Waals surface area contributed by atoms with E-state index < -0.39 is 0 Å². The molecule has 3 N–H and O–H groups in total. The molecule has 1 heterocycles. The monoisotopic (exact) mass is 280 g/mol. The summed E-state index contributed by atoms with van der Waals surface area (Å²) >= 11 is 0. The molecule has 1 aromatic rings. The van der Waals surface area contributed by atoms with Gasteiger partial charge >= 0.3 is 0 Å². The maximum atomic E-state index is 10.2. The van der Waals surface area contributed by atoms with Gasteiger partial charge in [-0.3, -0.25) is 0 Å². The number of aliphatic hydroxyl groups is 1. The molecule has 0 aromatic heterocycles. The molecule has 0 spiro atoms. The van der Waals surface area contributed by atoms with E-state index in [9.17, 15) is 10.2 Å². The number of phenolic OH excluding ortho intramolecular Hbond substituents is 1. The van der Waals surface area contributed by atoms with Gasteiger partial charge in [0.15, 0.2) is 0 Å². The highest BCUT2D eigenvalue weighted by molar-refractivity contribution is 5.55. The first kappa shape index (κ1) is 15.1. The van der Waals surface area contributed by atoms with Crippen molar-refractivity contribution in [2.45, 2.75) is 32.0 Å². The van der Waals surface area contributed by atoms with Crippen LogP contribution >= 0.6 is 0 Å². The zero-order chi connectivity index (χ0) is 14.7. The Morgan fingerprint density at radius 2 is 2.25 bits per heavy atom. The van der Waals surface area contributed by atoms with Gasteiger partial charge in [-0.15, -0.1) is 0 Å². The topological polar surface area (TPSA) is 65.0 Å². The number of hydrogen-bond acceptors (Lipinski definition) is 5. The Balaban J connectivity index is 2.21. The quantitative estimate of drug-likeness (QED) is 0.775. The predicted molar refractivity (Wildman–Crippen MR) is 79.2 cm³/mol. The molecular weight excluding hydrogens is 256 g/mol. The van der Waals surface area contributed by atoms with Gasteiger partial charge in [-0.05, 0) is 27.0 Å². The minimum absolute atomic E-state index is 0.0179. The molecule has 3 unspecified atom stereocenters. The zero-order valence-electron chi connectivity index (χ0n) is 12.3. The number of morpholine rings is 1. The highest BCUT2D eigenvalue weighted by Crippen LogP contribution is 2.31. The van der Waals surface area contributed by atoms with E-state index in [-0.39, 0.29) is 24.8 Å². The molecule has 3 atom stereocenters. The fraction of sp³-hybridized carbons (Fsp3) is 0.600. The maximum absolute atomic E-state index is 10.2.